The van der Waals surface area contributed by atoms with E-state index in [0.717, 1.165) is 12.1 Å². The zero-order chi connectivity index (χ0) is 12.3. The summed E-state index contributed by atoms with van der Waals surface area (Å²) in [4.78, 5) is 0. The minimum absolute atomic E-state index is 0.359. The largest absolute Gasteiger partial charge is 0.454 e. The van der Waals surface area contributed by atoms with Gasteiger partial charge in [0.15, 0.2) is 5.75 Å². The Morgan fingerprint density at radius 2 is 2.24 bits per heavy atom. The van der Waals surface area contributed by atoms with Crippen molar-refractivity contribution in [3.05, 3.63) is 41.2 Å². The number of benzene rings is 1. The van der Waals surface area contributed by atoms with E-state index in [1.54, 1.807) is 23.0 Å². The molecule has 3 nitrogen and oxygen atoms in total. The van der Waals surface area contributed by atoms with Gasteiger partial charge in [-0.15, -0.1) is 11.6 Å². The van der Waals surface area contributed by atoms with E-state index in [4.69, 9.17) is 27.9 Å². The Hall–Kier alpha value is -1.19. The van der Waals surface area contributed by atoms with Crippen LogP contribution in [-0.4, -0.2) is 9.78 Å². The summed E-state index contributed by atoms with van der Waals surface area (Å²) in [5.41, 5.74) is 0.864. The van der Waals surface area contributed by atoms with E-state index in [9.17, 15) is 0 Å². The quantitative estimate of drug-likeness (QED) is 0.783. The Balaban J connectivity index is 2.23. The van der Waals surface area contributed by atoms with Crippen LogP contribution in [0.1, 0.15) is 12.5 Å². The molecule has 0 fully saturated rings. The highest BCUT2D eigenvalue weighted by Gasteiger charge is 2.06. The van der Waals surface area contributed by atoms with Crippen molar-refractivity contribution in [2.45, 2.75) is 19.3 Å². The van der Waals surface area contributed by atoms with Gasteiger partial charge in [-0.2, -0.15) is 5.10 Å². The number of alkyl halides is 1. The highest BCUT2D eigenvalue weighted by atomic mass is 35.5. The van der Waals surface area contributed by atoms with Crippen molar-refractivity contribution in [3.63, 3.8) is 0 Å². The first-order valence-electron chi connectivity index (χ1n) is 5.27. The topological polar surface area (TPSA) is 27.1 Å². The van der Waals surface area contributed by atoms with E-state index >= 15 is 0 Å². The lowest BCUT2D eigenvalue weighted by Crippen LogP contribution is -1.92. The predicted molar refractivity (Wildman–Crippen MR) is 69.0 cm³/mol. The standard InChI is InChI=1S/C12H12Cl2N2O/c1-2-16-8-11(7-15-16)17-12-4-3-10(14)5-9(12)6-13/h3-5,7-8H,2,6H2,1H3. The summed E-state index contributed by atoms with van der Waals surface area (Å²) in [6.45, 7) is 2.83. The van der Waals surface area contributed by atoms with E-state index in [2.05, 4.69) is 5.10 Å². The van der Waals surface area contributed by atoms with Gasteiger partial charge >= 0.3 is 0 Å². The van der Waals surface area contributed by atoms with Gasteiger partial charge in [-0.1, -0.05) is 11.6 Å². The van der Waals surface area contributed by atoms with Crippen LogP contribution in [0.4, 0.5) is 0 Å². The van der Waals surface area contributed by atoms with Crippen LogP contribution in [0.2, 0.25) is 5.02 Å². The molecule has 0 aliphatic carbocycles. The summed E-state index contributed by atoms with van der Waals surface area (Å²) in [6.07, 6.45) is 3.52. The van der Waals surface area contributed by atoms with Crippen LogP contribution in [0.3, 0.4) is 0 Å². The first-order chi connectivity index (χ1) is 8.22. The van der Waals surface area contributed by atoms with Crippen molar-refractivity contribution in [2.75, 3.05) is 0 Å². The molecule has 17 heavy (non-hydrogen) atoms. The second kappa shape index (κ2) is 5.43. The van der Waals surface area contributed by atoms with Crippen molar-refractivity contribution < 1.29 is 4.74 Å². The van der Waals surface area contributed by atoms with Crippen LogP contribution < -0.4 is 4.74 Å². The molecule has 0 atom stereocenters. The summed E-state index contributed by atoms with van der Waals surface area (Å²) < 4.78 is 7.51. The van der Waals surface area contributed by atoms with Crippen LogP contribution in [0.25, 0.3) is 0 Å². The number of aromatic nitrogens is 2. The molecule has 0 spiro atoms. The maximum atomic E-state index is 5.89. The second-order valence-corrected chi connectivity index (χ2v) is 4.22. The summed E-state index contributed by atoms with van der Waals surface area (Å²) in [5.74, 6) is 1.76. The Bertz CT molecular complexity index is 511. The molecule has 0 radical (unpaired) electrons. The monoisotopic (exact) mass is 270 g/mol. The van der Waals surface area contributed by atoms with Crippen LogP contribution in [0, 0.1) is 0 Å². The average molecular weight is 271 g/mol. The van der Waals surface area contributed by atoms with E-state index in [1.807, 2.05) is 19.2 Å². The molecule has 90 valence electrons. The minimum Gasteiger partial charge on any atom is -0.454 e. The molecule has 1 aromatic heterocycles. The van der Waals surface area contributed by atoms with Gasteiger partial charge in [0.1, 0.15) is 5.75 Å². The fraction of sp³-hybridized carbons (Fsp3) is 0.250. The van der Waals surface area contributed by atoms with Crippen molar-refractivity contribution >= 4 is 23.2 Å². The molecule has 0 saturated heterocycles. The highest BCUT2D eigenvalue weighted by Crippen LogP contribution is 2.28. The molecule has 2 rings (SSSR count). The van der Waals surface area contributed by atoms with E-state index in [1.165, 1.54) is 0 Å². The number of aryl methyl sites for hydroxylation is 1. The first kappa shape index (κ1) is 12.3. The van der Waals surface area contributed by atoms with Gasteiger partial charge in [0, 0.05) is 17.1 Å². The molecule has 1 heterocycles. The number of rotatable bonds is 4. The third-order valence-corrected chi connectivity index (χ3v) is 2.85. The molecular formula is C12H12Cl2N2O. The molecule has 2 aromatic rings. The lowest BCUT2D eigenvalue weighted by atomic mass is 10.2. The Labute approximate surface area is 110 Å². The molecular weight excluding hydrogens is 259 g/mol. The summed E-state index contributed by atoms with van der Waals surface area (Å²) in [6, 6.07) is 5.38. The zero-order valence-electron chi connectivity index (χ0n) is 9.36. The molecule has 1 aromatic carbocycles. The van der Waals surface area contributed by atoms with E-state index < -0.39 is 0 Å². The molecule has 0 bridgehead atoms. The summed E-state index contributed by atoms with van der Waals surface area (Å²) >= 11 is 11.7. The van der Waals surface area contributed by atoms with Crippen LogP contribution in [0.15, 0.2) is 30.6 Å². The van der Waals surface area contributed by atoms with Crippen molar-refractivity contribution in [3.8, 4) is 11.5 Å². The SMILES string of the molecule is CCn1cc(Oc2ccc(Cl)cc2CCl)cn1. The van der Waals surface area contributed by atoms with Crippen LogP contribution in [0.5, 0.6) is 11.5 Å². The second-order valence-electron chi connectivity index (χ2n) is 3.52. The van der Waals surface area contributed by atoms with Gasteiger partial charge in [-0.3, -0.25) is 4.68 Å². The maximum absolute atomic E-state index is 5.89. The number of ether oxygens (including phenoxy) is 1. The van der Waals surface area contributed by atoms with E-state index in [-0.39, 0.29) is 0 Å². The number of halogens is 2. The number of nitrogens with zero attached hydrogens (tertiary/aromatic N) is 2. The molecule has 5 heteroatoms. The van der Waals surface area contributed by atoms with Gasteiger partial charge in [-0.05, 0) is 25.1 Å². The lowest BCUT2D eigenvalue weighted by molar-refractivity contribution is 0.477. The number of hydrogen-bond acceptors (Lipinski definition) is 2. The first-order valence-corrected chi connectivity index (χ1v) is 6.19. The van der Waals surface area contributed by atoms with Crippen molar-refractivity contribution in [2.24, 2.45) is 0 Å². The Kier molecular flexibility index (Phi) is 3.92. The zero-order valence-corrected chi connectivity index (χ0v) is 10.9. The lowest BCUT2D eigenvalue weighted by Gasteiger charge is -2.07. The molecule has 0 N–H and O–H groups in total. The van der Waals surface area contributed by atoms with Gasteiger partial charge in [-0.25, -0.2) is 0 Å². The highest BCUT2D eigenvalue weighted by molar-refractivity contribution is 6.30. The van der Waals surface area contributed by atoms with Crippen LogP contribution in [-0.2, 0) is 12.4 Å². The van der Waals surface area contributed by atoms with E-state index in [0.29, 0.717) is 22.4 Å². The molecule has 0 aliphatic rings. The minimum atomic E-state index is 0.359. The van der Waals surface area contributed by atoms with Gasteiger partial charge in [0.2, 0.25) is 0 Å². The van der Waals surface area contributed by atoms with Gasteiger partial charge < -0.3 is 4.74 Å². The molecule has 0 aliphatic heterocycles. The fourth-order valence-corrected chi connectivity index (χ4v) is 1.85. The smallest absolute Gasteiger partial charge is 0.165 e. The average Bonchev–Trinajstić information content (AvgIpc) is 2.79. The third-order valence-electron chi connectivity index (χ3n) is 2.33. The molecule has 0 unspecified atom stereocenters. The Morgan fingerprint density at radius 3 is 2.88 bits per heavy atom. The third kappa shape index (κ3) is 2.93. The summed E-state index contributed by atoms with van der Waals surface area (Å²) in [5, 5.41) is 4.79. The molecule has 0 amide bonds. The Morgan fingerprint density at radius 1 is 1.41 bits per heavy atom. The predicted octanol–water partition coefficient (Wildman–Crippen LogP) is 4.09. The van der Waals surface area contributed by atoms with Crippen molar-refractivity contribution in [1.29, 1.82) is 0 Å². The molecule has 0 saturated carbocycles. The van der Waals surface area contributed by atoms with Crippen LogP contribution >= 0.6 is 23.2 Å². The van der Waals surface area contributed by atoms with Crippen molar-refractivity contribution in [1.82, 2.24) is 9.78 Å². The summed E-state index contributed by atoms with van der Waals surface area (Å²) in [7, 11) is 0. The number of hydrogen-bond donors (Lipinski definition) is 0. The van der Waals surface area contributed by atoms with Gasteiger partial charge in [0.25, 0.3) is 0 Å². The normalized spacial score (nSPS) is 10.5. The van der Waals surface area contributed by atoms with Gasteiger partial charge in [0.05, 0.1) is 18.3 Å². The maximum Gasteiger partial charge on any atom is 0.165 e. The fourth-order valence-electron chi connectivity index (χ4n) is 1.45.